The fourth-order valence-electron chi connectivity index (χ4n) is 2.41. The van der Waals surface area contributed by atoms with Gasteiger partial charge in [-0.05, 0) is 37.0 Å². The summed E-state index contributed by atoms with van der Waals surface area (Å²) in [6, 6.07) is 5.71. The molecule has 1 aliphatic rings. The summed E-state index contributed by atoms with van der Waals surface area (Å²) >= 11 is 11.2. The van der Waals surface area contributed by atoms with E-state index in [1.165, 1.54) is 6.42 Å². The number of thiocarbonyl (C=S) groups is 1. The van der Waals surface area contributed by atoms with Gasteiger partial charge in [-0.25, -0.2) is 0 Å². The van der Waals surface area contributed by atoms with Crippen molar-refractivity contribution in [3.63, 3.8) is 0 Å². The van der Waals surface area contributed by atoms with Crippen LogP contribution in [0.3, 0.4) is 0 Å². The number of hydrogen-bond donors (Lipinski definition) is 1. The van der Waals surface area contributed by atoms with E-state index >= 15 is 0 Å². The predicted molar refractivity (Wildman–Crippen MR) is 84.2 cm³/mol. The second kappa shape index (κ2) is 6.55. The van der Waals surface area contributed by atoms with Gasteiger partial charge in [0.15, 0.2) is 0 Å². The van der Waals surface area contributed by atoms with Crippen LogP contribution in [-0.4, -0.2) is 31.8 Å². The second-order valence-corrected chi connectivity index (χ2v) is 5.84. The van der Waals surface area contributed by atoms with Crippen LogP contribution in [0.5, 0.6) is 0 Å². The lowest BCUT2D eigenvalue weighted by molar-refractivity contribution is 0.0576. The summed E-state index contributed by atoms with van der Waals surface area (Å²) in [7, 11) is 2.05. The molecule has 1 aromatic rings. The van der Waals surface area contributed by atoms with Crippen molar-refractivity contribution in [1.29, 1.82) is 0 Å². The quantitative estimate of drug-likeness (QED) is 0.868. The Morgan fingerprint density at radius 3 is 2.95 bits per heavy atom. The van der Waals surface area contributed by atoms with Crippen LogP contribution in [0.4, 0.5) is 5.69 Å². The monoisotopic (exact) mass is 298 g/mol. The molecule has 0 bridgehead atoms. The molecule has 1 aliphatic heterocycles. The van der Waals surface area contributed by atoms with E-state index in [-0.39, 0.29) is 0 Å². The molecule has 1 saturated heterocycles. The Kier molecular flexibility index (Phi) is 5.02. The van der Waals surface area contributed by atoms with Crippen molar-refractivity contribution in [2.45, 2.75) is 12.8 Å². The molecule has 3 nitrogen and oxygen atoms in total. The van der Waals surface area contributed by atoms with Crippen molar-refractivity contribution in [3.8, 4) is 0 Å². The smallest absolute Gasteiger partial charge is 0.104 e. The zero-order valence-electron chi connectivity index (χ0n) is 11.1. The molecule has 1 atom stereocenters. The van der Waals surface area contributed by atoms with Crippen molar-refractivity contribution in [3.05, 3.63) is 28.8 Å². The van der Waals surface area contributed by atoms with E-state index in [2.05, 4.69) is 11.9 Å². The minimum absolute atomic E-state index is 0.372. The van der Waals surface area contributed by atoms with Gasteiger partial charge in [0.25, 0.3) is 0 Å². The first kappa shape index (κ1) is 14.6. The molecular formula is C14H19ClN2OS. The summed E-state index contributed by atoms with van der Waals surface area (Å²) < 4.78 is 5.51. The van der Waals surface area contributed by atoms with Crippen molar-refractivity contribution in [2.75, 3.05) is 31.7 Å². The van der Waals surface area contributed by atoms with Crippen LogP contribution >= 0.6 is 23.8 Å². The fraction of sp³-hybridized carbons (Fsp3) is 0.500. The highest BCUT2D eigenvalue weighted by Crippen LogP contribution is 2.27. The molecule has 19 heavy (non-hydrogen) atoms. The van der Waals surface area contributed by atoms with E-state index in [1.54, 1.807) is 0 Å². The number of nitrogens with zero attached hydrogens (tertiary/aromatic N) is 1. The molecule has 1 heterocycles. The molecule has 1 fully saturated rings. The van der Waals surface area contributed by atoms with Crippen LogP contribution in [0.25, 0.3) is 0 Å². The first-order chi connectivity index (χ1) is 9.08. The van der Waals surface area contributed by atoms with Gasteiger partial charge < -0.3 is 15.4 Å². The zero-order valence-corrected chi connectivity index (χ0v) is 12.6. The van der Waals surface area contributed by atoms with Gasteiger partial charge in [-0.3, -0.25) is 0 Å². The third-order valence-corrected chi connectivity index (χ3v) is 3.97. The van der Waals surface area contributed by atoms with E-state index < -0.39 is 0 Å². The predicted octanol–water partition coefficient (Wildman–Crippen LogP) is 2.84. The van der Waals surface area contributed by atoms with Crippen LogP contribution in [0.2, 0.25) is 5.02 Å². The first-order valence-electron chi connectivity index (χ1n) is 6.46. The Morgan fingerprint density at radius 2 is 2.37 bits per heavy atom. The molecule has 0 aromatic heterocycles. The summed E-state index contributed by atoms with van der Waals surface area (Å²) in [5, 5.41) is 0.685. The summed E-state index contributed by atoms with van der Waals surface area (Å²) in [5.74, 6) is 0.574. The molecule has 1 unspecified atom stereocenters. The molecule has 0 spiro atoms. The number of ether oxygens (including phenoxy) is 1. The summed E-state index contributed by atoms with van der Waals surface area (Å²) in [6.45, 7) is 2.68. The van der Waals surface area contributed by atoms with Crippen LogP contribution in [0, 0.1) is 5.92 Å². The summed E-state index contributed by atoms with van der Waals surface area (Å²) in [6.07, 6.45) is 2.36. The van der Waals surface area contributed by atoms with Gasteiger partial charge >= 0.3 is 0 Å². The topological polar surface area (TPSA) is 38.5 Å². The van der Waals surface area contributed by atoms with E-state index in [0.29, 0.717) is 15.9 Å². The van der Waals surface area contributed by atoms with E-state index in [0.717, 1.165) is 37.4 Å². The van der Waals surface area contributed by atoms with E-state index in [4.69, 9.17) is 34.3 Å². The molecule has 0 amide bonds. The van der Waals surface area contributed by atoms with Crippen LogP contribution in [0.15, 0.2) is 18.2 Å². The number of halogens is 1. The Bertz CT molecular complexity index is 461. The molecule has 2 N–H and O–H groups in total. The Balaban J connectivity index is 2.05. The van der Waals surface area contributed by atoms with Gasteiger partial charge in [-0.1, -0.05) is 23.8 Å². The SMILES string of the molecule is CN(CC1CCCOC1)c1ccc(C(N)=S)cc1Cl. The van der Waals surface area contributed by atoms with Crippen LogP contribution in [0.1, 0.15) is 18.4 Å². The number of rotatable bonds is 4. The lowest BCUT2D eigenvalue weighted by Gasteiger charge is -2.29. The van der Waals surface area contributed by atoms with Gasteiger partial charge in [-0.15, -0.1) is 0 Å². The van der Waals surface area contributed by atoms with Crippen molar-refractivity contribution in [1.82, 2.24) is 0 Å². The zero-order chi connectivity index (χ0) is 13.8. The largest absolute Gasteiger partial charge is 0.389 e. The van der Waals surface area contributed by atoms with Crippen LogP contribution in [-0.2, 0) is 4.74 Å². The maximum Gasteiger partial charge on any atom is 0.104 e. The average molecular weight is 299 g/mol. The molecule has 0 aliphatic carbocycles. The van der Waals surface area contributed by atoms with Crippen molar-refractivity contribution < 1.29 is 4.74 Å². The van der Waals surface area contributed by atoms with Crippen LogP contribution < -0.4 is 10.6 Å². The van der Waals surface area contributed by atoms with E-state index in [1.807, 2.05) is 18.2 Å². The highest BCUT2D eigenvalue weighted by Gasteiger charge is 2.17. The highest BCUT2D eigenvalue weighted by molar-refractivity contribution is 7.80. The standard InChI is InChI=1S/C14H19ClN2OS/c1-17(8-10-3-2-6-18-9-10)13-5-4-11(14(16)19)7-12(13)15/h4-5,7,10H,2-3,6,8-9H2,1H3,(H2,16,19). The molecular weight excluding hydrogens is 280 g/mol. The molecule has 104 valence electrons. The number of hydrogen-bond acceptors (Lipinski definition) is 3. The number of benzene rings is 1. The first-order valence-corrected chi connectivity index (χ1v) is 7.25. The normalized spacial score (nSPS) is 19.2. The van der Waals surface area contributed by atoms with Gasteiger partial charge in [0.1, 0.15) is 4.99 Å². The summed E-state index contributed by atoms with van der Waals surface area (Å²) in [5.41, 5.74) is 7.41. The van der Waals surface area contributed by atoms with Gasteiger partial charge in [0.05, 0.1) is 17.3 Å². The molecule has 0 saturated carbocycles. The lowest BCUT2D eigenvalue weighted by atomic mass is 10.0. The molecule has 0 radical (unpaired) electrons. The van der Waals surface area contributed by atoms with Crippen molar-refractivity contribution >= 4 is 34.5 Å². The van der Waals surface area contributed by atoms with Gasteiger partial charge in [0.2, 0.25) is 0 Å². The minimum atomic E-state index is 0.372. The van der Waals surface area contributed by atoms with Gasteiger partial charge in [-0.2, -0.15) is 0 Å². The summed E-state index contributed by atoms with van der Waals surface area (Å²) in [4.78, 5) is 2.54. The Morgan fingerprint density at radius 1 is 1.58 bits per heavy atom. The fourth-order valence-corrected chi connectivity index (χ4v) is 2.86. The average Bonchev–Trinajstić information content (AvgIpc) is 2.39. The second-order valence-electron chi connectivity index (χ2n) is 4.99. The number of anilines is 1. The maximum absolute atomic E-state index is 6.30. The van der Waals surface area contributed by atoms with Gasteiger partial charge in [0, 0.05) is 25.8 Å². The minimum Gasteiger partial charge on any atom is -0.389 e. The molecule has 2 rings (SSSR count). The third-order valence-electron chi connectivity index (χ3n) is 3.43. The molecule has 1 aromatic carbocycles. The highest BCUT2D eigenvalue weighted by atomic mass is 35.5. The molecule has 5 heteroatoms. The lowest BCUT2D eigenvalue weighted by Crippen LogP contribution is -2.31. The maximum atomic E-state index is 6.30. The van der Waals surface area contributed by atoms with Crippen molar-refractivity contribution in [2.24, 2.45) is 11.7 Å². The van der Waals surface area contributed by atoms with E-state index in [9.17, 15) is 0 Å². The Hall–Kier alpha value is -0.840. The number of nitrogens with two attached hydrogens (primary N) is 1. The third kappa shape index (κ3) is 3.81. The Labute approximate surface area is 124 Å².